The van der Waals surface area contributed by atoms with Crippen LogP contribution in [0.15, 0.2) is 24.4 Å². The molecular weight excluding hydrogens is 314 g/mol. The topological polar surface area (TPSA) is 51.3 Å². The molecule has 1 saturated carbocycles. The van der Waals surface area contributed by atoms with Crippen molar-refractivity contribution in [2.45, 2.75) is 46.5 Å². The lowest BCUT2D eigenvalue weighted by Gasteiger charge is -2.27. The summed E-state index contributed by atoms with van der Waals surface area (Å²) < 4.78 is 9.94. The van der Waals surface area contributed by atoms with E-state index in [1.54, 1.807) is 14.2 Å². The molecule has 4 heteroatoms. The van der Waals surface area contributed by atoms with Gasteiger partial charge in [-0.2, -0.15) is 0 Å². The first kappa shape index (κ1) is 21.0. The maximum absolute atomic E-state index is 11.3. The highest BCUT2D eigenvalue weighted by molar-refractivity contribution is 5.83. The van der Waals surface area contributed by atoms with Crippen molar-refractivity contribution in [2.24, 2.45) is 0 Å². The van der Waals surface area contributed by atoms with E-state index in [4.69, 9.17) is 4.74 Å². The van der Waals surface area contributed by atoms with Crippen molar-refractivity contribution in [3.8, 4) is 16.9 Å². The normalized spacial score (nSPS) is 13.1. The summed E-state index contributed by atoms with van der Waals surface area (Å²) in [5, 5.41) is 0. The number of hydrogen-bond donors (Lipinski definition) is 1. The molecule has 0 atom stereocenters. The zero-order valence-electron chi connectivity index (χ0n) is 15.0. The Kier molecular flexibility index (Phi) is 8.42. The number of rotatable bonds is 5. The van der Waals surface area contributed by atoms with Gasteiger partial charge >= 0.3 is 0 Å². The van der Waals surface area contributed by atoms with Crippen LogP contribution in [0.3, 0.4) is 0 Å². The first-order chi connectivity index (χ1) is 11.7. The van der Waals surface area contributed by atoms with Gasteiger partial charge < -0.3 is 14.5 Å². The van der Waals surface area contributed by atoms with Gasteiger partial charge in [-0.05, 0) is 55.4 Å². The molecule has 0 bridgehead atoms. The average Bonchev–Trinajstić information content (AvgIpc) is 2.97. The van der Waals surface area contributed by atoms with Gasteiger partial charge in [-0.25, -0.2) is 0 Å². The van der Waals surface area contributed by atoms with Gasteiger partial charge in [0.1, 0.15) is 5.75 Å². The van der Waals surface area contributed by atoms with E-state index in [1.807, 2.05) is 25.3 Å². The predicted molar refractivity (Wildman–Crippen MR) is 104 cm³/mol. The lowest BCUT2D eigenvalue weighted by molar-refractivity contribution is 0.111. The van der Waals surface area contributed by atoms with Crippen LogP contribution < -0.4 is 4.74 Å². The van der Waals surface area contributed by atoms with E-state index >= 15 is 0 Å². The summed E-state index contributed by atoms with van der Waals surface area (Å²) in [6, 6.07) is 6.06. The second kappa shape index (κ2) is 10.0. The van der Waals surface area contributed by atoms with E-state index < -0.39 is 0 Å². The molecule has 0 spiro atoms. The number of carbonyl (C=O) groups excluding carboxylic acids is 1. The highest BCUT2D eigenvalue weighted by Gasteiger charge is 2.27. The van der Waals surface area contributed by atoms with Gasteiger partial charge in [-0.15, -0.1) is 0 Å². The van der Waals surface area contributed by atoms with Crippen LogP contribution in [-0.2, 0) is 4.74 Å². The smallest absolute Gasteiger partial charge is 0.166 e. The Bertz CT molecular complexity index is 670. The van der Waals surface area contributed by atoms with Gasteiger partial charge in [0.25, 0.3) is 0 Å². The zero-order valence-corrected chi connectivity index (χ0v) is 15.0. The maximum Gasteiger partial charge on any atom is 0.166 e. The number of ether oxygens (including phenoxy) is 2. The Hall–Kier alpha value is -2.07. The molecule has 0 amide bonds. The molecule has 4 nitrogen and oxygen atoms in total. The van der Waals surface area contributed by atoms with Crippen molar-refractivity contribution in [3.05, 3.63) is 41.2 Å². The fraction of sp³-hybridized carbons (Fsp3) is 0.476. The van der Waals surface area contributed by atoms with Crippen molar-refractivity contribution in [2.75, 3.05) is 20.8 Å². The molecule has 3 rings (SSSR count). The van der Waals surface area contributed by atoms with Gasteiger partial charge in [0, 0.05) is 25.5 Å². The Labute approximate surface area is 151 Å². The highest BCUT2D eigenvalue weighted by atomic mass is 16.5. The summed E-state index contributed by atoms with van der Waals surface area (Å²) in [6.45, 7) is 4.84. The van der Waals surface area contributed by atoms with Crippen LogP contribution in [0.5, 0.6) is 5.75 Å². The summed E-state index contributed by atoms with van der Waals surface area (Å²) in [5.41, 5.74) is 5.32. The van der Waals surface area contributed by atoms with E-state index in [-0.39, 0.29) is 7.43 Å². The van der Waals surface area contributed by atoms with Crippen LogP contribution in [-0.4, -0.2) is 32.1 Å². The van der Waals surface area contributed by atoms with Crippen LogP contribution in [0.4, 0.5) is 0 Å². The van der Waals surface area contributed by atoms with E-state index in [0.717, 1.165) is 41.0 Å². The Morgan fingerprint density at radius 1 is 1.24 bits per heavy atom. The molecule has 0 saturated heterocycles. The lowest BCUT2D eigenvalue weighted by atomic mass is 9.77. The molecule has 1 aromatic carbocycles. The molecule has 25 heavy (non-hydrogen) atoms. The molecule has 1 heterocycles. The standard InChI is InChI=1S/C17H19NO2.C3H8O.CH4/c1-11-13(7-4-8-16(11)20-2)14-9-18-15(10-19)17(14)12-5-3-6-12;1-3-4-2;/h4,7-10,12,18H,3,5-6H2,1-2H3;3H2,1-2H3;1H4. The average molecular weight is 345 g/mol. The van der Waals surface area contributed by atoms with Crippen molar-refractivity contribution in [1.29, 1.82) is 0 Å². The molecule has 138 valence electrons. The Morgan fingerprint density at radius 2 is 1.92 bits per heavy atom. The molecule has 1 fully saturated rings. The third-order valence-corrected chi connectivity index (χ3v) is 4.67. The van der Waals surface area contributed by atoms with Crippen molar-refractivity contribution in [1.82, 2.24) is 4.98 Å². The van der Waals surface area contributed by atoms with E-state index in [2.05, 4.69) is 22.7 Å². The lowest BCUT2D eigenvalue weighted by Crippen LogP contribution is -2.11. The second-order valence-electron chi connectivity index (χ2n) is 5.99. The highest BCUT2D eigenvalue weighted by Crippen LogP contribution is 2.44. The van der Waals surface area contributed by atoms with Crippen LogP contribution >= 0.6 is 0 Å². The number of carbonyl (C=O) groups is 1. The molecule has 2 aromatic rings. The minimum absolute atomic E-state index is 0. The molecule has 0 unspecified atom stereocenters. The summed E-state index contributed by atoms with van der Waals surface area (Å²) in [6.07, 6.45) is 6.50. The number of aromatic amines is 1. The number of hydrogen-bond acceptors (Lipinski definition) is 3. The quantitative estimate of drug-likeness (QED) is 0.741. The fourth-order valence-electron chi connectivity index (χ4n) is 3.03. The van der Waals surface area contributed by atoms with E-state index in [0.29, 0.717) is 5.92 Å². The van der Waals surface area contributed by atoms with Crippen molar-refractivity contribution >= 4 is 6.29 Å². The number of aldehydes is 1. The SMILES string of the molecule is C.CCOC.COc1cccc(-c2c[nH]c(C=O)c2C2CCC2)c1C. The van der Waals surface area contributed by atoms with Crippen LogP contribution in [0, 0.1) is 6.92 Å². The zero-order chi connectivity index (χ0) is 17.5. The van der Waals surface area contributed by atoms with Crippen LogP contribution in [0.25, 0.3) is 11.1 Å². The summed E-state index contributed by atoms with van der Waals surface area (Å²) in [4.78, 5) is 14.4. The van der Waals surface area contributed by atoms with Crippen molar-refractivity contribution in [3.63, 3.8) is 0 Å². The fourth-order valence-corrected chi connectivity index (χ4v) is 3.03. The largest absolute Gasteiger partial charge is 0.496 e. The van der Waals surface area contributed by atoms with E-state index in [9.17, 15) is 4.79 Å². The van der Waals surface area contributed by atoms with Gasteiger partial charge in [-0.3, -0.25) is 4.79 Å². The molecular formula is C21H31NO3. The Morgan fingerprint density at radius 3 is 2.40 bits per heavy atom. The molecule has 0 aliphatic heterocycles. The monoisotopic (exact) mass is 345 g/mol. The number of H-pyrrole nitrogens is 1. The number of aromatic nitrogens is 1. The van der Waals surface area contributed by atoms with E-state index in [1.165, 1.54) is 24.8 Å². The predicted octanol–water partition coefficient (Wildman–Crippen LogP) is 5.37. The molecule has 1 aliphatic rings. The van der Waals surface area contributed by atoms with Gasteiger partial charge in [-0.1, -0.05) is 26.0 Å². The maximum atomic E-state index is 11.3. The first-order valence-corrected chi connectivity index (χ1v) is 8.47. The summed E-state index contributed by atoms with van der Waals surface area (Å²) >= 11 is 0. The number of nitrogens with one attached hydrogen (secondary N) is 1. The van der Waals surface area contributed by atoms with Gasteiger partial charge in [0.2, 0.25) is 0 Å². The van der Waals surface area contributed by atoms with Gasteiger partial charge in [0.05, 0.1) is 12.8 Å². The minimum atomic E-state index is 0. The summed E-state index contributed by atoms with van der Waals surface area (Å²) in [5.74, 6) is 1.40. The third-order valence-electron chi connectivity index (χ3n) is 4.67. The molecule has 0 radical (unpaired) electrons. The minimum Gasteiger partial charge on any atom is -0.496 e. The summed E-state index contributed by atoms with van der Waals surface area (Å²) in [7, 11) is 3.37. The van der Waals surface area contributed by atoms with Crippen molar-refractivity contribution < 1.29 is 14.3 Å². The Balaban J connectivity index is 0.000000568. The number of benzene rings is 1. The molecule has 1 aromatic heterocycles. The second-order valence-corrected chi connectivity index (χ2v) is 5.99. The van der Waals surface area contributed by atoms with Crippen LogP contribution in [0.2, 0.25) is 0 Å². The van der Waals surface area contributed by atoms with Gasteiger partial charge in [0.15, 0.2) is 6.29 Å². The first-order valence-electron chi connectivity index (χ1n) is 8.47. The molecule has 1 aliphatic carbocycles. The number of methoxy groups -OCH3 is 2. The van der Waals surface area contributed by atoms with Crippen LogP contribution in [0.1, 0.15) is 61.1 Å². The molecule has 1 N–H and O–H groups in total. The third kappa shape index (κ3) is 4.51.